The smallest absolute Gasteiger partial charge is 0.255 e. The molecule has 0 saturated carbocycles. The van der Waals surface area contributed by atoms with Crippen LogP contribution >= 0.6 is 0 Å². The summed E-state index contributed by atoms with van der Waals surface area (Å²) in [6.07, 6.45) is 2.78. The van der Waals surface area contributed by atoms with Crippen molar-refractivity contribution in [2.45, 2.75) is 51.0 Å². The van der Waals surface area contributed by atoms with Gasteiger partial charge >= 0.3 is 0 Å². The maximum atomic E-state index is 13.2. The lowest BCUT2D eigenvalue weighted by molar-refractivity contribution is 0.102. The zero-order valence-electron chi connectivity index (χ0n) is 20.5. The van der Waals surface area contributed by atoms with Gasteiger partial charge in [0.15, 0.2) is 0 Å². The summed E-state index contributed by atoms with van der Waals surface area (Å²) >= 11 is 0. The molecule has 2 heterocycles. The molecule has 2 aliphatic heterocycles. The first-order valence-electron chi connectivity index (χ1n) is 12.3. The van der Waals surface area contributed by atoms with Gasteiger partial charge in [-0.15, -0.1) is 0 Å². The monoisotopic (exact) mass is 484 g/mol. The first-order chi connectivity index (χ1) is 16.3. The Kier molecular flexibility index (Phi) is 7.60. The Morgan fingerprint density at radius 2 is 1.79 bits per heavy atom. The van der Waals surface area contributed by atoms with Crippen molar-refractivity contribution in [2.24, 2.45) is 0 Å². The van der Waals surface area contributed by atoms with Crippen LogP contribution in [0.25, 0.3) is 0 Å². The highest BCUT2D eigenvalue weighted by Gasteiger charge is 2.31. The first kappa shape index (κ1) is 24.7. The highest BCUT2D eigenvalue weighted by molar-refractivity contribution is 7.89. The molecule has 2 fully saturated rings. The molecule has 0 spiro atoms. The Morgan fingerprint density at radius 1 is 1.03 bits per heavy atom. The third-order valence-corrected chi connectivity index (χ3v) is 9.10. The Morgan fingerprint density at radius 3 is 2.47 bits per heavy atom. The van der Waals surface area contributed by atoms with Crippen LogP contribution in [-0.4, -0.2) is 68.8 Å². The number of nitrogens with zero attached hydrogens (tertiary/aromatic N) is 3. The van der Waals surface area contributed by atoms with Crippen molar-refractivity contribution in [1.82, 2.24) is 9.21 Å². The molecule has 34 heavy (non-hydrogen) atoms. The van der Waals surface area contributed by atoms with E-state index in [0.717, 1.165) is 68.9 Å². The topological polar surface area (TPSA) is 73.0 Å². The molecule has 2 aliphatic rings. The molecule has 184 valence electrons. The number of nitrogens with one attached hydrogen (secondary N) is 1. The van der Waals surface area contributed by atoms with Crippen LogP contribution in [0.1, 0.15) is 49.0 Å². The second-order valence-corrected chi connectivity index (χ2v) is 11.3. The summed E-state index contributed by atoms with van der Waals surface area (Å²) in [5.74, 6) is -0.309. The van der Waals surface area contributed by atoms with Crippen molar-refractivity contribution in [3.05, 3.63) is 53.6 Å². The van der Waals surface area contributed by atoms with Gasteiger partial charge in [0.1, 0.15) is 0 Å². The molecule has 0 radical (unpaired) electrons. The van der Waals surface area contributed by atoms with E-state index in [1.54, 1.807) is 22.5 Å². The SMILES string of the molecule is CCN1CCN(c2ccc(NC(=O)c3cccc(S(=O)(=O)N4CCCCC4C)c3)c(C)c2)CC1. The van der Waals surface area contributed by atoms with Crippen molar-refractivity contribution in [1.29, 1.82) is 0 Å². The van der Waals surface area contributed by atoms with Crippen LogP contribution in [0.3, 0.4) is 0 Å². The molecule has 1 unspecified atom stereocenters. The molecular weight excluding hydrogens is 448 g/mol. The van der Waals surface area contributed by atoms with E-state index in [1.165, 1.54) is 6.07 Å². The minimum absolute atomic E-state index is 0.0256. The summed E-state index contributed by atoms with van der Waals surface area (Å²) in [7, 11) is -3.63. The quantitative estimate of drug-likeness (QED) is 0.672. The zero-order chi connectivity index (χ0) is 24.3. The molecule has 0 bridgehead atoms. The predicted octanol–water partition coefficient (Wildman–Crippen LogP) is 3.95. The maximum Gasteiger partial charge on any atom is 0.255 e. The number of anilines is 2. The van der Waals surface area contributed by atoms with E-state index in [4.69, 9.17) is 0 Å². The Hall–Kier alpha value is -2.42. The van der Waals surface area contributed by atoms with E-state index >= 15 is 0 Å². The number of aryl methyl sites for hydroxylation is 1. The molecule has 1 N–H and O–H groups in total. The van der Waals surface area contributed by atoms with Crippen LogP contribution in [0.2, 0.25) is 0 Å². The van der Waals surface area contributed by atoms with Gasteiger partial charge in [-0.25, -0.2) is 8.42 Å². The van der Waals surface area contributed by atoms with Crippen LogP contribution in [0.5, 0.6) is 0 Å². The molecule has 2 saturated heterocycles. The van der Waals surface area contributed by atoms with Crippen LogP contribution in [0.15, 0.2) is 47.4 Å². The number of carbonyl (C=O) groups excluding carboxylic acids is 1. The number of hydrogen-bond donors (Lipinski definition) is 1. The van der Waals surface area contributed by atoms with Crippen LogP contribution in [-0.2, 0) is 10.0 Å². The third-order valence-electron chi connectivity index (χ3n) is 7.09. The fraction of sp³-hybridized carbons (Fsp3) is 0.500. The standard InChI is InChI=1S/C26H36N4O3S/c1-4-28-14-16-29(17-15-28)23-11-12-25(20(2)18-23)27-26(31)22-9-7-10-24(19-22)34(32,33)30-13-6-5-8-21(30)3/h7,9-12,18-19,21H,4-6,8,13-17H2,1-3H3,(H,27,31). The van der Waals surface area contributed by atoms with Crippen molar-refractivity contribution in [3.63, 3.8) is 0 Å². The molecule has 8 heteroatoms. The summed E-state index contributed by atoms with van der Waals surface area (Å²) in [4.78, 5) is 18.0. The fourth-order valence-corrected chi connectivity index (χ4v) is 6.61. The molecule has 2 aromatic rings. The van der Waals surface area contributed by atoms with Gasteiger partial charge in [0.25, 0.3) is 5.91 Å². The number of sulfonamides is 1. The number of rotatable bonds is 6. The number of likely N-dealkylation sites (N-methyl/N-ethyl adjacent to an activating group) is 1. The second-order valence-electron chi connectivity index (χ2n) is 9.36. The largest absolute Gasteiger partial charge is 0.369 e. The minimum atomic E-state index is -3.63. The Balaban J connectivity index is 1.47. The van der Waals surface area contributed by atoms with Crippen LogP contribution < -0.4 is 10.2 Å². The molecule has 4 rings (SSSR count). The van der Waals surface area contributed by atoms with E-state index in [-0.39, 0.29) is 16.8 Å². The number of hydrogen-bond acceptors (Lipinski definition) is 5. The van der Waals surface area contributed by atoms with Gasteiger partial charge in [-0.1, -0.05) is 19.4 Å². The molecule has 1 amide bonds. The predicted molar refractivity (Wildman–Crippen MR) is 137 cm³/mol. The van der Waals surface area contributed by atoms with Crippen molar-refractivity contribution in [3.8, 4) is 0 Å². The Bertz CT molecular complexity index is 1130. The summed E-state index contributed by atoms with van der Waals surface area (Å²) in [5.41, 5.74) is 3.22. The normalized spacial score (nSPS) is 20.3. The average Bonchev–Trinajstić information content (AvgIpc) is 2.85. The van der Waals surface area contributed by atoms with Crippen LogP contribution in [0, 0.1) is 6.92 Å². The van der Waals surface area contributed by atoms with Crippen molar-refractivity contribution in [2.75, 3.05) is 49.5 Å². The summed E-state index contributed by atoms with van der Waals surface area (Å²) in [6.45, 7) is 11.8. The van der Waals surface area contributed by atoms with Crippen molar-refractivity contribution < 1.29 is 13.2 Å². The van der Waals surface area contributed by atoms with E-state index in [0.29, 0.717) is 12.1 Å². The third kappa shape index (κ3) is 5.29. The van der Waals surface area contributed by atoms with E-state index in [9.17, 15) is 13.2 Å². The first-order valence-corrected chi connectivity index (χ1v) is 13.7. The van der Waals surface area contributed by atoms with Gasteiger partial charge in [0.05, 0.1) is 4.90 Å². The molecular formula is C26H36N4O3S. The molecule has 0 aromatic heterocycles. The van der Waals surface area contributed by atoms with Crippen molar-refractivity contribution >= 4 is 27.3 Å². The van der Waals surface area contributed by atoms with E-state index in [1.807, 2.05) is 26.0 Å². The Labute approximate surface area is 203 Å². The zero-order valence-corrected chi connectivity index (χ0v) is 21.3. The average molecular weight is 485 g/mol. The van der Waals surface area contributed by atoms with Gasteiger partial charge in [0.2, 0.25) is 10.0 Å². The van der Waals surface area contributed by atoms with Gasteiger partial charge in [0, 0.05) is 55.7 Å². The minimum Gasteiger partial charge on any atom is -0.369 e. The summed E-state index contributed by atoms with van der Waals surface area (Å²) < 4.78 is 28.0. The lowest BCUT2D eigenvalue weighted by Crippen LogP contribution is -2.46. The van der Waals surface area contributed by atoms with Crippen LogP contribution in [0.4, 0.5) is 11.4 Å². The fourth-order valence-electron chi connectivity index (χ4n) is 4.86. The highest BCUT2D eigenvalue weighted by atomic mass is 32.2. The van der Waals surface area contributed by atoms with E-state index < -0.39 is 10.0 Å². The molecule has 0 aliphatic carbocycles. The second kappa shape index (κ2) is 10.5. The van der Waals surface area contributed by atoms with Gasteiger partial charge in [-0.2, -0.15) is 4.31 Å². The van der Waals surface area contributed by atoms with Gasteiger partial charge < -0.3 is 15.1 Å². The number of amides is 1. The summed E-state index contributed by atoms with van der Waals surface area (Å²) in [5, 5.41) is 2.97. The number of piperazine rings is 1. The lowest BCUT2D eigenvalue weighted by Gasteiger charge is -2.35. The van der Waals surface area contributed by atoms with Gasteiger partial charge in [-0.3, -0.25) is 4.79 Å². The van der Waals surface area contributed by atoms with E-state index in [2.05, 4.69) is 28.1 Å². The number of carbonyl (C=O) groups is 1. The number of piperidine rings is 1. The molecule has 7 nitrogen and oxygen atoms in total. The summed E-state index contributed by atoms with van der Waals surface area (Å²) in [6, 6.07) is 12.4. The highest BCUT2D eigenvalue weighted by Crippen LogP contribution is 2.27. The van der Waals surface area contributed by atoms with Gasteiger partial charge in [-0.05, 0) is 75.2 Å². The lowest BCUT2D eigenvalue weighted by atomic mass is 10.1. The molecule has 2 aromatic carbocycles. The number of benzene rings is 2. The molecule has 1 atom stereocenters. The maximum absolute atomic E-state index is 13.2.